The van der Waals surface area contributed by atoms with Crippen LogP contribution in [0.4, 0.5) is 0 Å². The van der Waals surface area contributed by atoms with Gasteiger partial charge in [-0.25, -0.2) is 4.79 Å². The lowest BCUT2D eigenvalue weighted by atomic mass is 10.1. The molecule has 0 radical (unpaired) electrons. The van der Waals surface area contributed by atoms with Crippen LogP contribution in [-0.4, -0.2) is 11.1 Å². The van der Waals surface area contributed by atoms with Crippen molar-refractivity contribution in [2.75, 3.05) is 0 Å². The molecule has 0 bridgehead atoms. The molecule has 0 saturated heterocycles. The molecule has 0 heterocycles. The molecular weight excluding hydrogens is 292 g/mol. The van der Waals surface area contributed by atoms with Crippen molar-refractivity contribution in [3.63, 3.8) is 0 Å². The number of rotatable bonds is 3. The Morgan fingerprint density at radius 2 is 1.50 bits per heavy atom. The number of carboxylic acid groups (broad SMARTS) is 1. The van der Waals surface area contributed by atoms with E-state index in [-0.39, 0.29) is 0 Å². The Bertz CT molecular complexity index is 603. The van der Waals surface area contributed by atoms with Crippen molar-refractivity contribution in [3.05, 3.63) is 69.7 Å². The van der Waals surface area contributed by atoms with Gasteiger partial charge < -0.3 is 5.11 Å². The van der Waals surface area contributed by atoms with E-state index in [9.17, 15) is 4.79 Å². The summed E-state index contributed by atoms with van der Waals surface area (Å²) in [6, 6.07) is 14.7. The Kier molecular flexibility index (Phi) is 3.95. The van der Waals surface area contributed by atoms with Crippen LogP contribution in [0.1, 0.15) is 21.5 Å². The third-order valence-corrected chi connectivity index (χ3v) is 3.26. The van der Waals surface area contributed by atoms with E-state index in [1.54, 1.807) is 18.2 Å². The average Bonchev–Trinajstić information content (AvgIpc) is 2.38. The Balaban J connectivity index is 2.35. The maximum Gasteiger partial charge on any atom is 0.336 e. The molecule has 0 spiro atoms. The fraction of sp³-hybridized carbons (Fsp3) is 0. The van der Waals surface area contributed by atoms with Gasteiger partial charge in [0.25, 0.3) is 0 Å². The number of carboxylic acids is 1. The van der Waals surface area contributed by atoms with Crippen molar-refractivity contribution < 1.29 is 9.90 Å². The molecule has 0 aliphatic heterocycles. The third-order valence-electron chi connectivity index (χ3n) is 2.54. The number of carbonyl (C=O) groups is 1. The summed E-state index contributed by atoms with van der Waals surface area (Å²) < 4.78 is 0.981. The van der Waals surface area contributed by atoms with Crippen molar-refractivity contribution >= 4 is 34.1 Å². The standard InChI is InChI=1S/C15H11BrO2/c16-14-8-4-2-6-12(14)10-9-11-5-1-3-7-13(11)15(17)18/h1-10H,(H,17,18)/b10-9-. The van der Waals surface area contributed by atoms with Crippen molar-refractivity contribution in [1.82, 2.24) is 0 Å². The molecule has 3 heteroatoms. The Labute approximate surface area is 114 Å². The average molecular weight is 303 g/mol. The van der Waals surface area contributed by atoms with Gasteiger partial charge in [0.15, 0.2) is 0 Å². The molecule has 0 atom stereocenters. The van der Waals surface area contributed by atoms with Gasteiger partial charge in [-0.3, -0.25) is 0 Å². The summed E-state index contributed by atoms with van der Waals surface area (Å²) in [6.45, 7) is 0. The lowest BCUT2D eigenvalue weighted by Gasteiger charge is -2.01. The summed E-state index contributed by atoms with van der Waals surface area (Å²) in [7, 11) is 0. The number of aromatic carboxylic acids is 1. The number of hydrogen-bond donors (Lipinski definition) is 1. The van der Waals surface area contributed by atoms with Gasteiger partial charge in [0.1, 0.15) is 0 Å². The van der Waals surface area contributed by atoms with Crippen molar-refractivity contribution in [3.8, 4) is 0 Å². The molecule has 2 aromatic rings. The van der Waals surface area contributed by atoms with Gasteiger partial charge in [0, 0.05) is 4.47 Å². The van der Waals surface area contributed by atoms with E-state index in [1.807, 2.05) is 42.5 Å². The molecule has 90 valence electrons. The van der Waals surface area contributed by atoms with Crippen molar-refractivity contribution in [1.29, 1.82) is 0 Å². The zero-order chi connectivity index (χ0) is 13.0. The molecule has 0 unspecified atom stereocenters. The molecule has 2 rings (SSSR count). The summed E-state index contributed by atoms with van der Waals surface area (Å²) in [4.78, 5) is 11.1. The maximum absolute atomic E-state index is 11.1. The lowest BCUT2D eigenvalue weighted by Crippen LogP contribution is -1.98. The predicted octanol–water partition coefficient (Wildman–Crippen LogP) is 4.32. The van der Waals surface area contributed by atoms with Crippen molar-refractivity contribution in [2.24, 2.45) is 0 Å². The third kappa shape index (κ3) is 2.87. The highest BCUT2D eigenvalue weighted by Gasteiger charge is 2.05. The highest BCUT2D eigenvalue weighted by molar-refractivity contribution is 9.10. The Hall–Kier alpha value is -1.87. The van der Waals surface area contributed by atoms with E-state index in [0.29, 0.717) is 11.1 Å². The van der Waals surface area contributed by atoms with E-state index in [1.165, 1.54) is 0 Å². The quantitative estimate of drug-likeness (QED) is 0.858. The van der Waals surface area contributed by atoms with Gasteiger partial charge in [-0.1, -0.05) is 64.5 Å². The van der Waals surface area contributed by atoms with Gasteiger partial charge in [-0.15, -0.1) is 0 Å². The van der Waals surface area contributed by atoms with Crippen LogP contribution in [0.25, 0.3) is 12.2 Å². The van der Waals surface area contributed by atoms with E-state index >= 15 is 0 Å². The van der Waals surface area contributed by atoms with E-state index in [2.05, 4.69) is 15.9 Å². The molecule has 0 aliphatic rings. The highest BCUT2D eigenvalue weighted by Crippen LogP contribution is 2.19. The van der Waals surface area contributed by atoms with E-state index in [4.69, 9.17) is 5.11 Å². The van der Waals surface area contributed by atoms with Gasteiger partial charge in [-0.2, -0.15) is 0 Å². The Morgan fingerprint density at radius 3 is 2.17 bits per heavy atom. The lowest BCUT2D eigenvalue weighted by molar-refractivity contribution is 0.0696. The first kappa shape index (κ1) is 12.6. The van der Waals surface area contributed by atoms with Crippen LogP contribution in [0.5, 0.6) is 0 Å². The molecule has 0 amide bonds. The van der Waals surface area contributed by atoms with Gasteiger partial charge in [0.05, 0.1) is 5.56 Å². The van der Waals surface area contributed by atoms with E-state index in [0.717, 1.165) is 10.0 Å². The van der Waals surface area contributed by atoms with Crippen LogP contribution >= 0.6 is 15.9 Å². The second-order valence-corrected chi connectivity index (χ2v) is 4.60. The molecule has 0 fully saturated rings. The van der Waals surface area contributed by atoms with Crippen LogP contribution in [0.15, 0.2) is 53.0 Å². The zero-order valence-electron chi connectivity index (χ0n) is 9.51. The summed E-state index contributed by atoms with van der Waals surface area (Å²) in [6.07, 6.45) is 3.70. The minimum Gasteiger partial charge on any atom is -0.478 e. The van der Waals surface area contributed by atoms with Crippen LogP contribution in [-0.2, 0) is 0 Å². The molecule has 2 aromatic carbocycles. The number of hydrogen-bond acceptors (Lipinski definition) is 1. The smallest absolute Gasteiger partial charge is 0.336 e. The van der Waals surface area contributed by atoms with Gasteiger partial charge >= 0.3 is 5.97 Å². The van der Waals surface area contributed by atoms with Gasteiger partial charge in [0.2, 0.25) is 0 Å². The van der Waals surface area contributed by atoms with Gasteiger partial charge in [-0.05, 0) is 23.3 Å². The fourth-order valence-corrected chi connectivity index (χ4v) is 2.04. The highest BCUT2D eigenvalue weighted by atomic mass is 79.9. The first-order valence-electron chi connectivity index (χ1n) is 5.43. The minimum atomic E-state index is -0.914. The maximum atomic E-state index is 11.1. The molecule has 0 aliphatic carbocycles. The second kappa shape index (κ2) is 5.65. The zero-order valence-corrected chi connectivity index (χ0v) is 11.1. The molecule has 0 saturated carbocycles. The summed E-state index contributed by atoms with van der Waals surface area (Å²) in [5.41, 5.74) is 2.01. The minimum absolute atomic E-state index is 0.306. The predicted molar refractivity (Wildman–Crippen MR) is 76.5 cm³/mol. The molecular formula is C15H11BrO2. The van der Waals surface area contributed by atoms with Crippen LogP contribution in [0.3, 0.4) is 0 Å². The largest absolute Gasteiger partial charge is 0.478 e. The fourth-order valence-electron chi connectivity index (χ4n) is 1.63. The van der Waals surface area contributed by atoms with Crippen LogP contribution in [0, 0.1) is 0 Å². The Morgan fingerprint density at radius 1 is 0.944 bits per heavy atom. The monoisotopic (exact) mass is 302 g/mol. The molecule has 18 heavy (non-hydrogen) atoms. The van der Waals surface area contributed by atoms with Crippen molar-refractivity contribution in [2.45, 2.75) is 0 Å². The SMILES string of the molecule is O=C(O)c1ccccc1/C=C\c1ccccc1Br. The van der Waals surface area contributed by atoms with Crippen LogP contribution < -0.4 is 0 Å². The summed E-state index contributed by atoms with van der Waals surface area (Å²) in [5.74, 6) is -0.914. The van der Waals surface area contributed by atoms with Crippen LogP contribution in [0.2, 0.25) is 0 Å². The van der Waals surface area contributed by atoms with E-state index < -0.39 is 5.97 Å². The second-order valence-electron chi connectivity index (χ2n) is 3.75. The molecule has 0 aromatic heterocycles. The molecule has 1 N–H and O–H groups in total. The first-order chi connectivity index (χ1) is 8.68. The molecule has 2 nitrogen and oxygen atoms in total. The summed E-state index contributed by atoms with van der Waals surface area (Å²) >= 11 is 3.45. The number of halogens is 1. The topological polar surface area (TPSA) is 37.3 Å². The summed E-state index contributed by atoms with van der Waals surface area (Å²) in [5, 5.41) is 9.07. The number of benzene rings is 2. The first-order valence-corrected chi connectivity index (χ1v) is 6.23. The normalized spacial score (nSPS) is 10.7.